The molecule has 0 amide bonds. The largest absolute Gasteiger partial charge is 0.306 e. The summed E-state index contributed by atoms with van der Waals surface area (Å²) >= 11 is 1.97. The van der Waals surface area contributed by atoms with Crippen molar-refractivity contribution in [1.82, 2.24) is 10.3 Å². The van der Waals surface area contributed by atoms with Crippen LogP contribution in [0.2, 0.25) is 0 Å². The number of aryl methyl sites for hydroxylation is 2. The summed E-state index contributed by atoms with van der Waals surface area (Å²) in [5.41, 5.74) is 1.52. The summed E-state index contributed by atoms with van der Waals surface area (Å²) in [7, 11) is 0. The minimum absolute atomic E-state index is 0.130. The molecular formula is C14H22N2S. The minimum atomic E-state index is 0.130. The van der Waals surface area contributed by atoms with Crippen LogP contribution in [0.1, 0.15) is 55.1 Å². The van der Waals surface area contributed by atoms with E-state index in [0.717, 1.165) is 12.5 Å². The van der Waals surface area contributed by atoms with Gasteiger partial charge in [-0.25, -0.2) is 4.98 Å². The molecule has 1 heterocycles. The standard InChI is InChI=1S/C14H22N2S/c1-3-15-14(2,9-10-7-8-10)13-16-11-5-4-6-12(11)17-13/h10,15H,3-9H2,1-2H3. The summed E-state index contributed by atoms with van der Waals surface area (Å²) in [4.78, 5) is 6.47. The predicted molar refractivity (Wildman–Crippen MR) is 72.5 cm³/mol. The first kappa shape index (κ1) is 11.7. The highest BCUT2D eigenvalue weighted by molar-refractivity contribution is 7.12. The summed E-state index contributed by atoms with van der Waals surface area (Å²) in [6, 6.07) is 0. The van der Waals surface area contributed by atoms with E-state index >= 15 is 0 Å². The fraction of sp³-hybridized carbons (Fsp3) is 0.786. The highest BCUT2D eigenvalue weighted by atomic mass is 32.1. The Labute approximate surface area is 108 Å². The van der Waals surface area contributed by atoms with E-state index in [1.54, 1.807) is 4.88 Å². The summed E-state index contributed by atoms with van der Waals surface area (Å²) in [6.45, 7) is 5.59. The molecule has 17 heavy (non-hydrogen) atoms. The topological polar surface area (TPSA) is 24.9 Å². The second-order valence-corrected chi connectivity index (χ2v) is 6.84. The van der Waals surface area contributed by atoms with Gasteiger partial charge in [0.05, 0.1) is 11.2 Å². The van der Waals surface area contributed by atoms with Gasteiger partial charge in [-0.15, -0.1) is 11.3 Å². The zero-order valence-electron chi connectivity index (χ0n) is 10.9. The molecule has 2 aliphatic carbocycles. The fourth-order valence-corrected chi connectivity index (χ4v) is 4.23. The maximum Gasteiger partial charge on any atom is 0.113 e. The average molecular weight is 250 g/mol. The minimum Gasteiger partial charge on any atom is -0.306 e. The van der Waals surface area contributed by atoms with Crippen molar-refractivity contribution in [3.05, 3.63) is 15.6 Å². The van der Waals surface area contributed by atoms with Crippen LogP contribution in [-0.2, 0) is 18.4 Å². The van der Waals surface area contributed by atoms with Crippen LogP contribution in [0.25, 0.3) is 0 Å². The van der Waals surface area contributed by atoms with Crippen LogP contribution in [0.3, 0.4) is 0 Å². The van der Waals surface area contributed by atoms with Crippen molar-refractivity contribution in [3.8, 4) is 0 Å². The van der Waals surface area contributed by atoms with Crippen molar-refractivity contribution >= 4 is 11.3 Å². The Hall–Kier alpha value is -0.410. The SMILES string of the molecule is CCNC(C)(CC1CC1)c1nc2c(s1)CCC2. The van der Waals surface area contributed by atoms with Gasteiger partial charge in [0.2, 0.25) is 0 Å². The first-order valence-electron chi connectivity index (χ1n) is 6.95. The monoisotopic (exact) mass is 250 g/mol. The van der Waals surface area contributed by atoms with Gasteiger partial charge in [-0.3, -0.25) is 0 Å². The number of nitrogens with zero attached hydrogens (tertiary/aromatic N) is 1. The molecule has 3 heteroatoms. The van der Waals surface area contributed by atoms with E-state index in [0.29, 0.717) is 0 Å². The molecule has 0 bridgehead atoms. The van der Waals surface area contributed by atoms with E-state index in [-0.39, 0.29) is 5.54 Å². The van der Waals surface area contributed by atoms with Crippen LogP contribution >= 0.6 is 11.3 Å². The second kappa shape index (κ2) is 4.36. The highest BCUT2D eigenvalue weighted by Crippen LogP contribution is 2.42. The van der Waals surface area contributed by atoms with E-state index in [1.165, 1.54) is 49.2 Å². The average Bonchev–Trinajstić information content (AvgIpc) is 2.82. The Bertz CT molecular complexity index is 387. The Morgan fingerprint density at radius 1 is 1.41 bits per heavy atom. The lowest BCUT2D eigenvalue weighted by atomic mass is 9.95. The molecule has 0 radical (unpaired) electrons. The lowest BCUT2D eigenvalue weighted by molar-refractivity contribution is 0.328. The van der Waals surface area contributed by atoms with E-state index < -0.39 is 0 Å². The lowest BCUT2D eigenvalue weighted by Gasteiger charge is -2.28. The Morgan fingerprint density at radius 2 is 2.24 bits per heavy atom. The number of aromatic nitrogens is 1. The molecule has 0 spiro atoms. The molecule has 1 unspecified atom stereocenters. The molecule has 1 fully saturated rings. The molecule has 1 saturated carbocycles. The van der Waals surface area contributed by atoms with Crippen molar-refractivity contribution in [2.75, 3.05) is 6.54 Å². The molecule has 1 aromatic heterocycles. The van der Waals surface area contributed by atoms with Crippen LogP contribution in [0.15, 0.2) is 0 Å². The van der Waals surface area contributed by atoms with Crippen LogP contribution in [0.5, 0.6) is 0 Å². The first-order chi connectivity index (χ1) is 8.21. The summed E-state index contributed by atoms with van der Waals surface area (Å²) in [5, 5.41) is 5.03. The van der Waals surface area contributed by atoms with Crippen molar-refractivity contribution in [1.29, 1.82) is 0 Å². The van der Waals surface area contributed by atoms with Gasteiger partial charge in [-0.1, -0.05) is 19.8 Å². The smallest absolute Gasteiger partial charge is 0.113 e. The van der Waals surface area contributed by atoms with Gasteiger partial charge in [-0.2, -0.15) is 0 Å². The van der Waals surface area contributed by atoms with Gasteiger partial charge in [0, 0.05) is 4.88 Å². The van der Waals surface area contributed by atoms with E-state index in [4.69, 9.17) is 4.98 Å². The van der Waals surface area contributed by atoms with E-state index in [9.17, 15) is 0 Å². The number of nitrogens with one attached hydrogen (secondary N) is 1. The molecule has 0 saturated heterocycles. The van der Waals surface area contributed by atoms with Crippen LogP contribution in [0.4, 0.5) is 0 Å². The summed E-state index contributed by atoms with van der Waals surface area (Å²) in [6.07, 6.45) is 7.90. The van der Waals surface area contributed by atoms with Gasteiger partial charge in [0.25, 0.3) is 0 Å². The van der Waals surface area contributed by atoms with E-state index in [1.807, 2.05) is 11.3 Å². The molecule has 94 valence electrons. The van der Waals surface area contributed by atoms with Crippen molar-refractivity contribution in [3.63, 3.8) is 0 Å². The Balaban J connectivity index is 1.85. The van der Waals surface area contributed by atoms with Gasteiger partial charge < -0.3 is 5.32 Å². The Morgan fingerprint density at radius 3 is 2.88 bits per heavy atom. The zero-order chi connectivity index (χ0) is 11.9. The lowest BCUT2D eigenvalue weighted by Crippen LogP contribution is -2.39. The fourth-order valence-electron chi connectivity index (χ4n) is 2.95. The molecule has 3 rings (SSSR count). The van der Waals surface area contributed by atoms with Crippen LogP contribution < -0.4 is 5.32 Å². The number of thiazole rings is 1. The molecule has 2 nitrogen and oxygen atoms in total. The third-order valence-electron chi connectivity index (χ3n) is 4.03. The third-order valence-corrected chi connectivity index (χ3v) is 5.45. The molecule has 2 aliphatic rings. The molecule has 1 N–H and O–H groups in total. The Kier molecular flexibility index (Phi) is 2.99. The predicted octanol–water partition coefficient (Wildman–Crippen LogP) is 3.26. The third kappa shape index (κ3) is 2.27. The van der Waals surface area contributed by atoms with Gasteiger partial charge >= 0.3 is 0 Å². The molecule has 0 aromatic carbocycles. The molecule has 0 aliphatic heterocycles. The first-order valence-corrected chi connectivity index (χ1v) is 7.77. The van der Waals surface area contributed by atoms with Crippen molar-refractivity contribution in [2.24, 2.45) is 5.92 Å². The molecule has 1 aromatic rings. The maximum absolute atomic E-state index is 4.92. The van der Waals surface area contributed by atoms with Crippen molar-refractivity contribution in [2.45, 2.75) is 57.9 Å². The summed E-state index contributed by atoms with van der Waals surface area (Å²) in [5.74, 6) is 0.942. The highest BCUT2D eigenvalue weighted by Gasteiger charge is 2.37. The normalized spacial score (nSPS) is 22.5. The van der Waals surface area contributed by atoms with Gasteiger partial charge in [-0.05, 0) is 45.1 Å². The zero-order valence-corrected chi connectivity index (χ0v) is 11.7. The number of hydrogen-bond donors (Lipinski definition) is 1. The molecule has 1 atom stereocenters. The van der Waals surface area contributed by atoms with Gasteiger partial charge in [0.15, 0.2) is 0 Å². The van der Waals surface area contributed by atoms with Crippen LogP contribution in [-0.4, -0.2) is 11.5 Å². The second-order valence-electron chi connectivity index (χ2n) is 5.75. The number of hydrogen-bond acceptors (Lipinski definition) is 3. The van der Waals surface area contributed by atoms with E-state index in [2.05, 4.69) is 19.2 Å². The van der Waals surface area contributed by atoms with Gasteiger partial charge in [0.1, 0.15) is 5.01 Å². The number of fused-ring (bicyclic) bond motifs is 1. The number of rotatable bonds is 5. The summed E-state index contributed by atoms with van der Waals surface area (Å²) < 4.78 is 0. The quantitative estimate of drug-likeness (QED) is 0.867. The van der Waals surface area contributed by atoms with Crippen LogP contribution in [0, 0.1) is 5.92 Å². The van der Waals surface area contributed by atoms with Crippen molar-refractivity contribution < 1.29 is 0 Å². The maximum atomic E-state index is 4.92. The molecular weight excluding hydrogens is 228 g/mol.